The van der Waals surface area contributed by atoms with Crippen LogP contribution in [0, 0.1) is 10.1 Å². The number of methoxy groups -OCH3 is 3. The summed E-state index contributed by atoms with van der Waals surface area (Å²) >= 11 is 0. The van der Waals surface area contributed by atoms with Crippen LogP contribution in [0.4, 0.5) is 5.69 Å². The Morgan fingerprint density at radius 3 is 2.00 bits per heavy atom. The molecule has 0 aliphatic rings. The molecule has 0 spiro atoms. The van der Waals surface area contributed by atoms with E-state index in [1.165, 1.54) is 51.7 Å². The largest absolute Gasteiger partial charge is 0.493 e. The molecule has 0 unspecified atom stereocenters. The monoisotopic (exact) mass is 343 g/mol. The third-order valence-corrected chi connectivity index (χ3v) is 3.48. The van der Waals surface area contributed by atoms with E-state index in [1.807, 2.05) is 0 Å². The van der Waals surface area contributed by atoms with Crippen molar-refractivity contribution in [3.8, 4) is 17.2 Å². The van der Waals surface area contributed by atoms with Gasteiger partial charge in [0.1, 0.15) is 0 Å². The first-order valence-electron chi connectivity index (χ1n) is 7.27. The summed E-state index contributed by atoms with van der Waals surface area (Å²) in [5.41, 5.74) is 0.976. The zero-order chi connectivity index (χ0) is 18.4. The number of nitro benzene ring substituents is 1. The lowest BCUT2D eigenvalue weighted by molar-refractivity contribution is -0.384. The minimum absolute atomic E-state index is 0.0647. The van der Waals surface area contributed by atoms with Crippen molar-refractivity contribution in [3.05, 3.63) is 63.7 Å². The molecule has 0 N–H and O–H groups in total. The van der Waals surface area contributed by atoms with Gasteiger partial charge in [-0.2, -0.15) is 0 Å². The molecule has 0 saturated heterocycles. The normalized spacial score (nSPS) is 10.5. The van der Waals surface area contributed by atoms with Crippen molar-refractivity contribution >= 4 is 17.5 Å². The van der Waals surface area contributed by atoms with Crippen molar-refractivity contribution in [3.63, 3.8) is 0 Å². The number of nitro groups is 1. The molecular weight excluding hydrogens is 326 g/mol. The van der Waals surface area contributed by atoms with E-state index >= 15 is 0 Å². The van der Waals surface area contributed by atoms with Gasteiger partial charge >= 0.3 is 0 Å². The van der Waals surface area contributed by atoms with Gasteiger partial charge in [-0.15, -0.1) is 0 Å². The summed E-state index contributed by atoms with van der Waals surface area (Å²) in [4.78, 5) is 22.3. The fraction of sp³-hybridized carbons (Fsp3) is 0.167. The molecule has 0 aromatic heterocycles. The van der Waals surface area contributed by atoms with Gasteiger partial charge in [0, 0.05) is 17.7 Å². The Kier molecular flexibility index (Phi) is 5.73. The zero-order valence-electron chi connectivity index (χ0n) is 14.0. The van der Waals surface area contributed by atoms with Crippen LogP contribution < -0.4 is 14.2 Å². The minimum Gasteiger partial charge on any atom is -0.493 e. The topological polar surface area (TPSA) is 87.9 Å². The Bertz CT molecular complexity index is 786. The van der Waals surface area contributed by atoms with E-state index in [4.69, 9.17) is 14.2 Å². The van der Waals surface area contributed by atoms with Crippen LogP contribution in [0.1, 0.15) is 15.9 Å². The number of non-ortho nitro benzene ring substituents is 1. The highest BCUT2D eigenvalue weighted by molar-refractivity contribution is 6.06. The van der Waals surface area contributed by atoms with Gasteiger partial charge in [-0.25, -0.2) is 0 Å². The lowest BCUT2D eigenvalue weighted by atomic mass is 10.1. The van der Waals surface area contributed by atoms with Gasteiger partial charge in [-0.05, 0) is 35.9 Å². The molecule has 0 radical (unpaired) electrons. The summed E-state index contributed by atoms with van der Waals surface area (Å²) in [5.74, 6) is 1.14. The molecule has 7 nitrogen and oxygen atoms in total. The summed E-state index contributed by atoms with van der Waals surface area (Å²) in [5, 5.41) is 10.6. The Labute approximate surface area is 144 Å². The molecule has 0 fully saturated rings. The molecule has 2 aromatic rings. The molecular formula is C18H17NO6. The summed E-state index contributed by atoms with van der Waals surface area (Å²) < 4.78 is 15.8. The van der Waals surface area contributed by atoms with Gasteiger partial charge in [0.2, 0.25) is 5.75 Å². The van der Waals surface area contributed by atoms with E-state index in [-0.39, 0.29) is 11.5 Å². The van der Waals surface area contributed by atoms with E-state index in [1.54, 1.807) is 18.2 Å². The number of ketones is 1. The fourth-order valence-corrected chi connectivity index (χ4v) is 2.21. The number of hydrogen-bond donors (Lipinski definition) is 0. The molecule has 0 amide bonds. The maximum Gasteiger partial charge on any atom is 0.269 e. The average Bonchev–Trinajstić information content (AvgIpc) is 2.64. The van der Waals surface area contributed by atoms with Crippen molar-refractivity contribution in [2.75, 3.05) is 21.3 Å². The molecule has 2 rings (SSSR count). The van der Waals surface area contributed by atoms with Crippen LogP contribution in [-0.4, -0.2) is 32.0 Å². The number of benzene rings is 2. The van der Waals surface area contributed by atoms with Crippen LogP contribution >= 0.6 is 0 Å². The van der Waals surface area contributed by atoms with Crippen molar-refractivity contribution < 1.29 is 23.9 Å². The predicted molar refractivity (Wildman–Crippen MR) is 92.6 cm³/mol. The van der Waals surface area contributed by atoms with Crippen LogP contribution in [0.3, 0.4) is 0 Å². The number of carbonyl (C=O) groups is 1. The first-order valence-corrected chi connectivity index (χ1v) is 7.27. The molecule has 0 bridgehead atoms. The molecule has 2 aromatic carbocycles. The number of carbonyl (C=O) groups excluding carboxylic acids is 1. The van der Waals surface area contributed by atoms with Gasteiger partial charge in [0.15, 0.2) is 17.3 Å². The van der Waals surface area contributed by atoms with Crippen molar-refractivity contribution in [1.29, 1.82) is 0 Å². The molecule has 130 valence electrons. The lowest BCUT2D eigenvalue weighted by Gasteiger charge is -2.12. The van der Waals surface area contributed by atoms with Gasteiger partial charge in [0.05, 0.1) is 26.3 Å². The van der Waals surface area contributed by atoms with E-state index in [0.29, 0.717) is 28.4 Å². The summed E-state index contributed by atoms with van der Waals surface area (Å²) in [6.07, 6.45) is 2.98. The van der Waals surface area contributed by atoms with Crippen LogP contribution in [0.5, 0.6) is 17.2 Å². The van der Waals surface area contributed by atoms with E-state index < -0.39 is 4.92 Å². The Morgan fingerprint density at radius 1 is 1.00 bits per heavy atom. The third kappa shape index (κ3) is 4.14. The first-order chi connectivity index (χ1) is 12.0. The van der Waals surface area contributed by atoms with Gasteiger partial charge < -0.3 is 14.2 Å². The van der Waals surface area contributed by atoms with Crippen LogP contribution in [0.2, 0.25) is 0 Å². The second kappa shape index (κ2) is 7.96. The number of allylic oxidation sites excluding steroid dienone is 1. The maximum atomic E-state index is 12.2. The van der Waals surface area contributed by atoms with E-state index in [2.05, 4.69) is 0 Å². The second-order valence-corrected chi connectivity index (χ2v) is 4.96. The zero-order valence-corrected chi connectivity index (χ0v) is 14.0. The molecule has 0 aliphatic heterocycles. The van der Waals surface area contributed by atoms with Crippen molar-refractivity contribution in [1.82, 2.24) is 0 Å². The predicted octanol–water partition coefficient (Wildman–Crippen LogP) is 3.52. The summed E-state index contributed by atoms with van der Waals surface area (Å²) in [6, 6.07) is 8.84. The van der Waals surface area contributed by atoms with Gasteiger partial charge in [-0.1, -0.05) is 6.08 Å². The van der Waals surface area contributed by atoms with Crippen LogP contribution in [0.15, 0.2) is 42.5 Å². The summed E-state index contributed by atoms with van der Waals surface area (Å²) in [6.45, 7) is 0. The molecule has 7 heteroatoms. The first kappa shape index (κ1) is 18.0. The van der Waals surface area contributed by atoms with Crippen LogP contribution in [0.25, 0.3) is 6.08 Å². The Balaban J connectivity index is 2.26. The average molecular weight is 343 g/mol. The maximum absolute atomic E-state index is 12.2. The molecule has 25 heavy (non-hydrogen) atoms. The van der Waals surface area contributed by atoms with Crippen molar-refractivity contribution in [2.45, 2.75) is 0 Å². The number of ether oxygens (including phenoxy) is 3. The molecule has 0 atom stereocenters. The van der Waals surface area contributed by atoms with Gasteiger partial charge in [0.25, 0.3) is 5.69 Å². The highest BCUT2D eigenvalue weighted by atomic mass is 16.6. The van der Waals surface area contributed by atoms with Gasteiger partial charge in [-0.3, -0.25) is 14.9 Å². The quantitative estimate of drug-likeness (QED) is 0.331. The fourth-order valence-electron chi connectivity index (χ4n) is 2.21. The molecule has 0 saturated carbocycles. The van der Waals surface area contributed by atoms with E-state index in [9.17, 15) is 14.9 Å². The smallest absolute Gasteiger partial charge is 0.269 e. The highest BCUT2D eigenvalue weighted by Crippen LogP contribution is 2.38. The SMILES string of the molecule is COc1cc(/C=C\C(=O)c2ccc([N+](=O)[O-])cc2)cc(OC)c1OC. The minimum atomic E-state index is -0.514. The van der Waals surface area contributed by atoms with E-state index in [0.717, 1.165) is 0 Å². The molecule has 0 heterocycles. The lowest BCUT2D eigenvalue weighted by Crippen LogP contribution is -1.97. The number of nitrogens with zero attached hydrogens (tertiary/aromatic N) is 1. The standard InChI is InChI=1S/C18H17NO6/c1-23-16-10-12(11-17(24-2)18(16)25-3)4-9-15(20)13-5-7-14(8-6-13)19(21)22/h4-11H,1-3H3/b9-4-. The number of rotatable bonds is 7. The molecule has 0 aliphatic carbocycles. The Hall–Kier alpha value is -3.35. The van der Waals surface area contributed by atoms with Crippen LogP contribution in [-0.2, 0) is 0 Å². The summed E-state index contributed by atoms with van der Waals surface area (Å²) in [7, 11) is 4.52. The highest BCUT2D eigenvalue weighted by Gasteiger charge is 2.12. The van der Waals surface area contributed by atoms with Crippen molar-refractivity contribution in [2.24, 2.45) is 0 Å². The Morgan fingerprint density at radius 2 is 1.56 bits per heavy atom. The number of hydrogen-bond acceptors (Lipinski definition) is 6. The third-order valence-electron chi connectivity index (χ3n) is 3.48. The second-order valence-electron chi connectivity index (χ2n) is 4.96.